The van der Waals surface area contributed by atoms with Crippen molar-refractivity contribution in [3.63, 3.8) is 0 Å². The third kappa shape index (κ3) is 2.29. The van der Waals surface area contributed by atoms with Gasteiger partial charge in [-0.05, 0) is 18.9 Å². The van der Waals surface area contributed by atoms with Crippen molar-refractivity contribution in [3.05, 3.63) is 28.7 Å². The van der Waals surface area contributed by atoms with Crippen molar-refractivity contribution in [2.75, 3.05) is 6.54 Å². The van der Waals surface area contributed by atoms with E-state index in [-0.39, 0.29) is 0 Å². The summed E-state index contributed by atoms with van der Waals surface area (Å²) in [7, 11) is 0. The number of imidazole rings is 1. The Kier molecular flexibility index (Phi) is 3.17. The highest BCUT2D eigenvalue weighted by molar-refractivity contribution is 4.88. The fraction of sp³-hybridized carbons (Fsp3) is 0.571. The van der Waals surface area contributed by atoms with E-state index in [2.05, 4.69) is 15.0 Å². The zero-order valence-corrected chi connectivity index (χ0v) is 7.01. The summed E-state index contributed by atoms with van der Waals surface area (Å²) in [6, 6.07) is 0. The molecule has 1 aromatic heterocycles. The molecule has 0 aromatic carbocycles. The molecule has 0 atom stereocenters. The molecule has 0 radical (unpaired) electrons. The molecule has 1 heterocycles. The molecule has 0 unspecified atom stereocenters. The third-order valence-electron chi connectivity index (χ3n) is 1.64. The van der Waals surface area contributed by atoms with Crippen LogP contribution in [0.25, 0.3) is 10.4 Å². The Morgan fingerprint density at radius 2 is 2.58 bits per heavy atom. The summed E-state index contributed by atoms with van der Waals surface area (Å²) in [5.74, 6) is 0.996. The van der Waals surface area contributed by atoms with Crippen molar-refractivity contribution in [2.24, 2.45) is 5.11 Å². The first-order valence-corrected chi connectivity index (χ1v) is 3.83. The zero-order chi connectivity index (χ0) is 8.81. The molecule has 0 saturated heterocycles. The van der Waals surface area contributed by atoms with E-state index in [1.807, 2.05) is 17.7 Å². The SMILES string of the molecule is Cc1nccn1CCCN=[N+]=[N-]. The van der Waals surface area contributed by atoms with Gasteiger partial charge in [-0.1, -0.05) is 5.11 Å². The van der Waals surface area contributed by atoms with Gasteiger partial charge in [-0.2, -0.15) is 0 Å². The predicted octanol–water partition coefficient (Wildman–Crippen LogP) is 1.89. The number of hydrogen-bond acceptors (Lipinski definition) is 2. The molecule has 1 aromatic rings. The van der Waals surface area contributed by atoms with Gasteiger partial charge in [0.15, 0.2) is 0 Å². The fourth-order valence-corrected chi connectivity index (χ4v) is 0.997. The first-order chi connectivity index (χ1) is 5.84. The molecule has 0 saturated carbocycles. The minimum atomic E-state index is 0.550. The molecule has 0 bridgehead atoms. The number of hydrogen-bond donors (Lipinski definition) is 0. The van der Waals surface area contributed by atoms with Crippen LogP contribution in [0.1, 0.15) is 12.2 Å². The van der Waals surface area contributed by atoms with E-state index in [1.165, 1.54) is 0 Å². The number of aryl methyl sites for hydroxylation is 2. The van der Waals surface area contributed by atoms with Crippen LogP contribution in [0, 0.1) is 6.92 Å². The highest BCUT2D eigenvalue weighted by Gasteiger charge is 1.94. The average Bonchev–Trinajstić information content (AvgIpc) is 2.46. The van der Waals surface area contributed by atoms with Crippen molar-refractivity contribution in [1.82, 2.24) is 9.55 Å². The van der Waals surface area contributed by atoms with Crippen LogP contribution in [0.5, 0.6) is 0 Å². The maximum Gasteiger partial charge on any atom is 0.105 e. The van der Waals surface area contributed by atoms with Crippen LogP contribution in [-0.4, -0.2) is 16.1 Å². The maximum absolute atomic E-state index is 8.02. The predicted molar refractivity (Wildman–Crippen MR) is 45.6 cm³/mol. The number of rotatable bonds is 4. The molecular weight excluding hydrogens is 154 g/mol. The molecule has 0 aliphatic rings. The Labute approximate surface area is 70.7 Å². The quantitative estimate of drug-likeness (QED) is 0.291. The van der Waals surface area contributed by atoms with Crippen LogP contribution < -0.4 is 0 Å². The second-order valence-corrected chi connectivity index (χ2v) is 2.48. The minimum Gasteiger partial charge on any atom is -0.335 e. The van der Waals surface area contributed by atoms with Crippen molar-refractivity contribution in [3.8, 4) is 0 Å². The van der Waals surface area contributed by atoms with E-state index >= 15 is 0 Å². The first kappa shape index (κ1) is 8.62. The lowest BCUT2D eigenvalue weighted by Crippen LogP contribution is -1.99. The molecule has 5 heteroatoms. The second kappa shape index (κ2) is 4.41. The monoisotopic (exact) mass is 165 g/mol. The van der Waals surface area contributed by atoms with E-state index in [0.29, 0.717) is 6.54 Å². The first-order valence-electron chi connectivity index (χ1n) is 3.83. The lowest BCUT2D eigenvalue weighted by Gasteiger charge is -2.01. The largest absolute Gasteiger partial charge is 0.335 e. The van der Waals surface area contributed by atoms with Crippen LogP contribution >= 0.6 is 0 Å². The van der Waals surface area contributed by atoms with Crippen LogP contribution in [0.4, 0.5) is 0 Å². The second-order valence-electron chi connectivity index (χ2n) is 2.48. The molecule has 0 aliphatic heterocycles. The fourth-order valence-electron chi connectivity index (χ4n) is 0.997. The molecule has 0 spiro atoms. The van der Waals surface area contributed by atoms with Gasteiger partial charge in [-0.15, -0.1) is 0 Å². The molecule has 64 valence electrons. The van der Waals surface area contributed by atoms with Gasteiger partial charge < -0.3 is 4.57 Å². The Hall–Kier alpha value is -1.48. The smallest absolute Gasteiger partial charge is 0.105 e. The van der Waals surface area contributed by atoms with Gasteiger partial charge in [0, 0.05) is 30.4 Å². The lowest BCUT2D eigenvalue weighted by atomic mass is 10.4. The van der Waals surface area contributed by atoms with Crippen molar-refractivity contribution < 1.29 is 0 Å². The van der Waals surface area contributed by atoms with Crippen molar-refractivity contribution in [1.29, 1.82) is 0 Å². The molecule has 0 N–H and O–H groups in total. The summed E-state index contributed by atoms with van der Waals surface area (Å²) >= 11 is 0. The molecule has 0 aliphatic carbocycles. The van der Waals surface area contributed by atoms with Gasteiger partial charge in [0.05, 0.1) is 0 Å². The van der Waals surface area contributed by atoms with Gasteiger partial charge in [-0.3, -0.25) is 0 Å². The highest BCUT2D eigenvalue weighted by atomic mass is 15.1. The van der Waals surface area contributed by atoms with Crippen molar-refractivity contribution in [2.45, 2.75) is 19.9 Å². The molecule has 5 nitrogen and oxygen atoms in total. The molecule has 0 amide bonds. The number of azide groups is 1. The Morgan fingerprint density at radius 1 is 1.75 bits per heavy atom. The van der Waals surface area contributed by atoms with Crippen LogP contribution in [-0.2, 0) is 6.54 Å². The van der Waals surface area contributed by atoms with Crippen molar-refractivity contribution >= 4 is 0 Å². The van der Waals surface area contributed by atoms with E-state index in [9.17, 15) is 0 Å². The highest BCUT2D eigenvalue weighted by Crippen LogP contribution is 1.97. The number of nitrogens with zero attached hydrogens (tertiary/aromatic N) is 5. The van der Waals surface area contributed by atoms with E-state index in [0.717, 1.165) is 18.8 Å². The lowest BCUT2D eigenvalue weighted by molar-refractivity contribution is 0.632. The number of aromatic nitrogens is 2. The maximum atomic E-state index is 8.02. The Bertz CT molecular complexity index is 284. The molecule has 1 rings (SSSR count). The van der Waals surface area contributed by atoms with E-state index in [4.69, 9.17) is 5.53 Å². The standard InChI is InChI=1S/C7H11N5/c1-7-9-4-6-12(7)5-2-3-10-11-8/h4,6H,2-3,5H2,1H3. The average molecular weight is 165 g/mol. The Morgan fingerprint density at radius 3 is 3.17 bits per heavy atom. The molecule has 12 heavy (non-hydrogen) atoms. The summed E-state index contributed by atoms with van der Waals surface area (Å²) in [5, 5.41) is 3.45. The van der Waals surface area contributed by atoms with Crippen LogP contribution in [0.2, 0.25) is 0 Å². The van der Waals surface area contributed by atoms with Gasteiger partial charge in [0.25, 0.3) is 0 Å². The topological polar surface area (TPSA) is 66.6 Å². The summed E-state index contributed by atoms with van der Waals surface area (Å²) < 4.78 is 2.03. The molecular formula is C7H11N5. The summed E-state index contributed by atoms with van der Waals surface area (Å²) in [5.41, 5.74) is 8.02. The van der Waals surface area contributed by atoms with E-state index < -0.39 is 0 Å². The minimum absolute atomic E-state index is 0.550. The summed E-state index contributed by atoms with van der Waals surface area (Å²) in [4.78, 5) is 6.75. The summed E-state index contributed by atoms with van der Waals surface area (Å²) in [6.07, 6.45) is 4.55. The van der Waals surface area contributed by atoms with Crippen LogP contribution in [0.3, 0.4) is 0 Å². The van der Waals surface area contributed by atoms with Gasteiger partial charge in [-0.25, -0.2) is 4.98 Å². The van der Waals surface area contributed by atoms with Gasteiger partial charge in [0.1, 0.15) is 5.82 Å². The zero-order valence-electron chi connectivity index (χ0n) is 7.01. The van der Waals surface area contributed by atoms with Gasteiger partial charge in [0.2, 0.25) is 0 Å². The third-order valence-corrected chi connectivity index (χ3v) is 1.64. The van der Waals surface area contributed by atoms with E-state index in [1.54, 1.807) is 6.20 Å². The summed E-state index contributed by atoms with van der Waals surface area (Å²) in [6.45, 7) is 3.37. The normalized spacial score (nSPS) is 9.42. The Balaban J connectivity index is 2.33. The molecule has 0 fully saturated rings. The van der Waals surface area contributed by atoms with Crippen LogP contribution in [0.15, 0.2) is 17.5 Å². The van der Waals surface area contributed by atoms with Gasteiger partial charge >= 0.3 is 0 Å².